The quantitative estimate of drug-likeness (QED) is 0.296. The number of benzene rings is 2. The summed E-state index contributed by atoms with van der Waals surface area (Å²) >= 11 is 6.32. The lowest BCUT2D eigenvalue weighted by molar-refractivity contribution is 0.103. The Morgan fingerprint density at radius 3 is 2.46 bits per heavy atom. The molecule has 0 aliphatic carbocycles. The van der Waals surface area contributed by atoms with Gasteiger partial charge in [-0.2, -0.15) is 8.78 Å². The standard InChI is InChI=1S/C28H39ClF2N2P2/c1-4-6-8-26(16-22-9-11-24(17-27(22)34)28(30,31)35)33-14-13-32(18-20(33)3)19-23-15-25(29)12-10-21(23)7-5-2/h8-12,15,17,20H,4-7,13-14,16,18-19,34-35H2,1-3H3. The summed E-state index contributed by atoms with van der Waals surface area (Å²) in [6.07, 6.45) is 7.38. The largest absolute Gasteiger partial charge is 0.370 e. The van der Waals surface area contributed by atoms with Crippen molar-refractivity contribution in [2.75, 3.05) is 19.6 Å². The number of piperazine rings is 1. The fourth-order valence-corrected chi connectivity index (χ4v) is 5.61. The lowest BCUT2D eigenvalue weighted by atomic mass is 10.0. The van der Waals surface area contributed by atoms with Gasteiger partial charge in [-0.1, -0.05) is 71.8 Å². The molecule has 2 aromatic rings. The molecule has 2 aromatic carbocycles. The van der Waals surface area contributed by atoms with Gasteiger partial charge in [-0.3, -0.25) is 4.90 Å². The van der Waals surface area contributed by atoms with E-state index >= 15 is 0 Å². The minimum atomic E-state index is -2.91. The van der Waals surface area contributed by atoms with Crippen molar-refractivity contribution < 1.29 is 8.78 Å². The van der Waals surface area contributed by atoms with Gasteiger partial charge in [-0.05, 0) is 60.0 Å². The zero-order valence-corrected chi connectivity index (χ0v) is 24.2. The molecule has 35 heavy (non-hydrogen) atoms. The Bertz CT molecular complexity index is 1020. The highest BCUT2D eigenvalue weighted by Gasteiger charge is 2.27. The van der Waals surface area contributed by atoms with Crippen LogP contribution < -0.4 is 5.30 Å². The molecule has 0 N–H and O–H groups in total. The Hall–Kier alpha value is -1.05. The van der Waals surface area contributed by atoms with Crippen LogP contribution in [0.4, 0.5) is 8.78 Å². The first-order valence-electron chi connectivity index (χ1n) is 12.6. The van der Waals surface area contributed by atoms with Crippen molar-refractivity contribution in [2.24, 2.45) is 0 Å². The molecule has 2 nitrogen and oxygen atoms in total. The number of unbranched alkanes of at least 4 members (excludes halogenated alkanes) is 1. The van der Waals surface area contributed by atoms with Gasteiger partial charge >= 0.3 is 0 Å². The molecule has 1 heterocycles. The first kappa shape index (κ1) is 28.5. The Morgan fingerprint density at radius 1 is 1.09 bits per heavy atom. The van der Waals surface area contributed by atoms with Gasteiger partial charge in [0.1, 0.15) is 0 Å². The van der Waals surface area contributed by atoms with Gasteiger partial charge in [0, 0.05) is 54.9 Å². The maximum absolute atomic E-state index is 13.7. The number of alkyl halides is 2. The zero-order chi connectivity index (χ0) is 25.6. The number of nitrogens with zero attached hydrogens (tertiary/aromatic N) is 2. The number of allylic oxidation sites excluding steroid dienone is 2. The van der Waals surface area contributed by atoms with E-state index in [2.05, 4.69) is 58.0 Å². The molecule has 1 fully saturated rings. The fourth-order valence-electron chi connectivity index (χ4n) is 4.86. The van der Waals surface area contributed by atoms with Gasteiger partial charge in [0.05, 0.1) is 0 Å². The average Bonchev–Trinajstić information content (AvgIpc) is 2.79. The second-order valence-electron chi connectivity index (χ2n) is 9.64. The van der Waals surface area contributed by atoms with E-state index in [0.717, 1.165) is 74.2 Å². The van der Waals surface area contributed by atoms with E-state index in [1.165, 1.54) is 16.8 Å². The summed E-state index contributed by atoms with van der Waals surface area (Å²) in [6.45, 7) is 10.5. The van der Waals surface area contributed by atoms with Crippen molar-refractivity contribution >= 4 is 35.4 Å². The lowest BCUT2D eigenvalue weighted by Gasteiger charge is -2.43. The Balaban J connectivity index is 1.73. The molecule has 192 valence electrons. The van der Waals surface area contributed by atoms with E-state index in [1.54, 1.807) is 21.4 Å². The van der Waals surface area contributed by atoms with Crippen LogP contribution >= 0.6 is 30.1 Å². The van der Waals surface area contributed by atoms with Crippen LogP contribution in [-0.2, 0) is 25.1 Å². The molecule has 0 spiro atoms. The lowest BCUT2D eigenvalue weighted by Crippen LogP contribution is -2.51. The van der Waals surface area contributed by atoms with Gasteiger partial charge in [0.25, 0.3) is 5.66 Å². The molecule has 1 aliphatic rings. The van der Waals surface area contributed by atoms with Crippen LogP contribution in [0.5, 0.6) is 0 Å². The van der Waals surface area contributed by atoms with E-state index in [-0.39, 0.29) is 5.56 Å². The first-order chi connectivity index (χ1) is 16.6. The van der Waals surface area contributed by atoms with Crippen LogP contribution in [0, 0.1) is 0 Å². The molecule has 1 aliphatic heterocycles. The molecule has 1 saturated heterocycles. The molecule has 3 atom stereocenters. The van der Waals surface area contributed by atoms with Crippen molar-refractivity contribution in [3.05, 3.63) is 75.4 Å². The molecular formula is C28H39ClF2N2P2. The highest BCUT2D eigenvalue weighted by molar-refractivity contribution is 7.27. The second kappa shape index (κ2) is 13.0. The fraction of sp³-hybridized carbons (Fsp3) is 0.500. The summed E-state index contributed by atoms with van der Waals surface area (Å²) in [5, 5.41) is 1.64. The van der Waals surface area contributed by atoms with Crippen LogP contribution in [0.1, 0.15) is 62.3 Å². The molecule has 0 radical (unpaired) electrons. The second-order valence-corrected chi connectivity index (χ2v) is 11.4. The number of halogens is 3. The molecule has 0 aromatic heterocycles. The summed E-state index contributed by atoms with van der Waals surface area (Å²) < 4.78 is 27.5. The molecule has 0 amide bonds. The third kappa shape index (κ3) is 7.96. The van der Waals surface area contributed by atoms with Crippen LogP contribution in [0.2, 0.25) is 5.02 Å². The highest BCUT2D eigenvalue weighted by atomic mass is 35.5. The molecule has 0 bridgehead atoms. The van der Waals surface area contributed by atoms with Crippen LogP contribution in [0.25, 0.3) is 0 Å². The van der Waals surface area contributed by atoms with Gasteiger partial charge in [0.15, 0.2) is 0 Å². The summed E-state index contributed by atoms with van der Waals surface area (Å²) in [5.74, 6) is 0. The smallest absolute Gasteiger partial charge is 0.283 e. The maximum Gasteiger partial charge on any atom is 0.283 e. The van der Waals surface area contributed by atoms with Crippen molar-refractivity contribution in [3.8, 4) is 0 Å². The Labute approximate surface area is 219 Å². The van der Waals surface area contributed by atoms with Crippen LogP contribution in [-0.4, -0.2) is 35.5 Å². The zero-order valence-electron chi connectivity index (χ0n) is 21.2. The Kier molecular flexibility index (Phi) is 10.6. The molecule has 3 rings (SSSR count). The number of aryl methyl sites for hydroxylation is 1. The molecule has 3 unspecified atom stereocenters. The van der Waals surface area contributed by atoms with E-state index in [0.29, 0.717) is 6.04 Å². The summed E-state index contributed by atoms with van der Waals surface area (Å²) in [7, 11) is 4.28. The van der Waals surface area contributed by atoms with Gasteiger partial charge in [-0.15, -0.1) is 9.24 Å². The number of hydrogen-bond acceptors (Lipinski definition) is 2. The van der Waals surface area contributed by atoms with Crippen molar-refractivity contribution in [1.29, 1.82) is 0 Å². The maximum atomic E-state index is 13.7. The third-order valence-corrected chi connectivity index (χ3v) is 7.84. The minimum absolute atomic E-state index is 0.0285. The normalized spacial score (nSPS) is 17.8. The predicted molar refractivity (Wildman–Crippen MR) is 153 cm³/mol. The topological polar surface area (TPSA) is 6.48 Å². The van der Waals surface area contributed by atoms with E-state index < -0.39 is 5.66 Å². The van der Waals surface area contributed by atoms with Crippen LogP contribution in [0.3, 0.4) is 0 Å². The third-order valence-electron chi connectivity index (χ3n) is 6.73. The molecule has 0 saturated carbocycles. The Morgan fingerprint density at radius 2 is 1.83 bits per heavy atom. The molecular weight excluding hydrogens is 500 g/mol. The van der Waals surface area contributed by atoms with Crippen molar-refractivity contribution in [2.45, 2.75) is 71.1 Å². The van der Waals surface area contributed by atoms with Crippen molar-refractivity contribution in [3.63, 3.8) is 0 Å². The number of hydrogen-bond donors (Lipinski definition) is 0. The highest BCUT2D eigenvalue weighted by Crippen LogP contribution is 2.35. The first-order valence-corrected chi connectivity index (χ1v) is 14.2. The van der Waals surface area contributed by atoms with E-state index in [9.17, 15) is 8.78 Å². The van der Waals surface area contributed by atoms with E-state index in [4.69, 9.17) is 11.6 Å². The van der Waals surface area contributed by atoms with E-state index in [1.807, 2.05) is 12.1 Å². The van der Waals surface area contributed by atoms with Gasteiger partial charge < -0.3 is 4.90 Å². The summed E-state index contributed by atoms with van der Waals surface area (Å²) in [6, 6.07) is 11.6. The van der Waals surface area contributed by atoms with Crippen molar-refractivity contribution in [1.82, 2.24) is 9.80 Å². The monoisotopic (exact) mass is 538 g/mol. The minimum Gasteiger partial charge on any atom is -0.370 e. The van der Waals surface area contributed by atoms with Gasteiger partial charge in [-0.25, -0.2) is 0 Å². The van der Waals surface area contributed by atoms with Crippen LogP contribution in [0.15, 0.2) is 48.2 Å². The summed E-state index contributed by atoms with van der Waals surface area (Å²) in [4.78, 5) is 5.04. The SMILES string of the molecule is CCCC=C(Cc1ccc(C(F)(F)P)cc1P)N1CCN(Cc2cc(Cl)ccc2CCC)CC1C. The summed E-state index contributed by atoms with van der Waals surface area (Å²) in [5.41, 5.74) is 2.22. The number of rotatable bonds is 10. The van der Waals surface area contributed by atoms with Gasteiger partial charge in [0.2, 0.25) is 0 Å². The average molecular weight is 539 g/mol. The molecule has 7 heteroatoms. The predicted octanol–water partition coefficient (Wildman–Crippen LogP) is 7.15.